The molecule has 0 aliphatic carbocycles. The minimum absolute atomic E-state index is 0.0163. The van der Waals surface area contributed by atoms with Gasteiger partial charge in [0.25, 0.3) is 5.91 Å². The highest BCUT2D eigenvalue weighted by molar-refractivity contribution is 6.30. The van der Waals surface area contributed by atoms with E-state index in [-0.39, 0.29) is 12.1 Å². The highest BCUT2D eigenvalue weighted by Gasteiger charge is 2.39. The Morgan fingerprint density at radius 3 is 2.33 bits per heavy atom. The number of halogens is 1. The molecule has 0 aromatic heterocycles. The van der Waals surface area contributed by atoms with E-state index in [4.69, 9.17) is 16.7 Å². The van der Waals surface area contributed by atoms with E-state index in [1.165, 1.54) is 5.56 Å². The van der Waals surface area contributed by atoms with Crippen molar-refractivity contribution >= 4 is 23.2 Å². The third kappa shape index (κ3) is 4.45. The zero-order valence-corrected chi connectivity index (χ0v) is 17.9. The number of hydrogen-bond acceptors (Lipinski definition) is 3. The molecule has 1 aliphatic rings. The van der Waals surface area contributed by atoms with E-state index in [2.05, 4.69) is 36.1 Å². The van der Waals surface area contributed by atoms with Crippen molar-refractivity contribution in [3.8, 4) is 0 Å². The Hall–Kier alpha value is -2.95. The monoisotopic (exact) mass is 417 g/mol. The molecule has 4 rings (SSSR count). The lowest BCUT2D eigenvalue weighted by molar-refractivity contribution is -0.128. The summed E-state index contributed by atoms with van der Waals surface area (Å²) in [5.74, 6) is -0.0163. The van der Waals surface area contributed by atoms with Gasteiger partial charge in [0.2, 0.25) is 0 Å². The largest absolute Gasteiger partial charge is 0.271 e. The molecule has 0 spiro atoms. The van der Waals surface area contributed by atoms with Gasteiger partial charge in [-0.3, -0.25) is 9.69 Å². The fraction of sp³-hybridized carbons (Fsp3) is 0.200. The maximum Gasteiger partial charge on any atom is 0.258 e. The molecule has 1 aliphatic heterocycles. The number of hydrogen-bond donors (Lipinski definition) is 0. The summed E-state index contributed by atoms with van der Waals surface area (Å²) in [7, 11) is 0. The van der Waals surface area contributed by atoms with Crippen molar-refractivity contribution in [3.63, 3.8) is 0 Å². The van der Waals surface area contributed by atoms with E-state index in [0.717, 1.165) is 22.4 Å². The van der Waals surface area contributed by atoms with Crippen LogP contribution in [0.25, 0.3) is 0 Å². The van der Waals surface area contributed by atoms with Crippen LogP contribution in [0, 0.1) is 6.92 Å². The van der Waals surface area contributed by atoms with Crippen LogP contribution in [-0.2, 0) is 11.3 Å². The summed E-state index contributed by atoms with van der Waals surface area (Å²) in [6.45, 7) is 4.97. The second-order valence-corrected chi connectivity index (χ2v) is 8.04. The minimum atomic E-state index is -0.282. The molecule has 4 nitrogen and oxygen atoms in total. The van der Waals surface area contributed by atoms with Gasteiger partial charge in [-0.05, 0) is 42.7 Å². The van der Waals surface area contributed by atoms with Crippen LogP contribution in [0.3, 0.4) is 0 Å². The maximum absolute atomic E-state index is 13.0. The molecule has 0 bridgehead atoms. The second-order valence-electron chi connectivity index (χ2n) is 7.61. The number of nitrogens with zero attached hydrogens (tertiary/aromatic N) is 3. The van der Waals surface area contributed by atoms with E-state index < -0.39 is 0 Å². The number of carbonyl (C=O) groups is 1. The summed E-state index contributed by atoms with van der Waals surface area (Å²) in [5, 5.41) is 7.04. The molecule has 1 atom stereocenters. The van der Waals surface area contributed by atoms with Crippen LogP contribution in [0.1, 0.15) is 35.3 Å². The highest BCUT2D eigenvalue weighted by Crippen LogP contribution is 2.33. The molecule has 5 heteroatoms. The van der Waals surface area contributed by atoms with Gasteiger partial charge in [-0.1, -0.05) is 83.9 Å². The maximum atomic E-state index is 13.0. The fourth-order valence-electron chi connectivity index (χ4n) is 3.70. The van der Waals surface area contributed by atoms with Crippen LogP contribution < -0.4 is 0 Å². The van der Waals surface area contributed by atoms with Gasteiger partial charge in [0.15, 0.2) is 0 Å². The van der Waals surface area contributed by atoms with Crippen molar-refractivity contribution in [2.75, 3.05) is 6.54 Å². The van der Waals surface area contributed by atoms with Gasteiger partial charge in [-0.2, -0.15) is 5.10 Å². The van der Waals surface area contributed by atoms with Crippen LogP contribution in [-0.4, -0.2) is 28.1 Å². The first-order chi connectivity index (χ1) is 14.5. The van der Waals surface area contributed by atoms with E-state index in [9.17, 15) is 4.79 Å². The van der Waals surface area contributed by atoms with Crippen LogP contribution in [0.2, 0.25) is 5.02 Å². The van der Waals surface area contributed by atoms with Gasteiger partial charge in [0.1, 0.15) is 6.17 Å². The molecule has 1 saturated heterocycles. The Kier molecular flexibility index (Phi) is 5.98. The van der Waals surface area contributed by atoms with Gasteiger partial charge < -0.3 is 0 Å². The highest BCUT2D eigenvalue weighted by atomic mass is 35.5. The average Bonchev–Trinajstić information content (AvgIpc) is 3.04. The predicted molar refractivity (Wildman–Crippen MR) is 121 cm³/mol. The van der Waals surface area contributed by atoms with Crippen LogP contribution in [0.5, 0.6) is 0 Å². The van der Waals surface area contributed by atoms with E-state index in [1.54, 1.807) is 5.01 Å². The average molecular weight is 418 g/mol. The number of amides is 1. The molecule has 30 heavy (non-hydrogen) atoms. The summed E-state index contributed by atoms with van der Waals surface area (Å²) in [4.78, 5) is 15.1. The first-order valence-electron chi connectivity index (χ1n) is 9.99. The van der Waals surface area contributed by atoms with Gasteiger partial charge >= 0.3 is 0 Å². The lowest BCUT2D eigenvalue weighted by atomic mass is 10.1. The van der Waals surface area contributed by atoms with Crippen molar-refractivity contribution in [1.29, 1.82) is 0 Å². The Morgan fingerprint density at radius 1 is 1.00 bits per heavy atom. The van der Waals surface area contributed by atoms with Gasteiger partial charge in [-0.25, -0.2) is 5.01 Å². The molecule has 152 valence electrons. The lowest BCUT2D eigenvalue weighted by Crippen LogP contribution is -2.29. The molecule has 1 amide bonds. The minimum Gasteiger partial charge on any atom is -0.271 e. The van der Waals surface area contributed by atoms with Gasteiger partial charge in [0.05, 0.1) is 12.3 Å². The summed E-state index contributed by atoms with van der Waals surface area (Å²) >= 11 is 6.10. The first-order valence-corrected chi connectivity index (χ1v) is 10.4. The standard InChI is InChI=1S/C25H24ClN3O/c1-18-8-10-21(11-9-18)19(2)27-29-24(30)17-28(16-20-6-4-3-5-7-20)25(29)22-12-14-23(26)15-13-22/h3-15,25H,16-17H2,1-2H3/b27-19-/t25-/m1/s1. The van der Waals surface area contributed by atoms with Crippen molar-refractivity contribution < 1.29 is 4.79 Å². The Labute approximate surface area is 182 Å². The molecular formula is C25H24ClN3O. The molecule has 0 radical (unpaired) electrons. The third-order valence-corrected chi connectivity index (χ3v) is 5.55. The summed E-state index contributed by atoms with van der Waals surface area (Å²) in [5.41, 5.74) is 5.15. The Bertz CT molecular complexity index is 1050. The second kappa shape index (κ2) is 8.82. The number of aryl methyl sites for hydroxylation is 1. The van der Waals surface area contributed by atoms with E-state index >= 15 is 0 Å². The molecule has 3 aromatic carbocycles. The Morgan fingerprint density at radius 2 is 1.67 bits per heavy atom. The number of benzene rings is 3. The molecule has 3 aromatic rings. The van der Waals surface area contributed by atoms with E-state index in [0.29, 0.717) is 18.1 Å². The molecule has 1 heterocycles. The predicted octanol–water partition coefficient (Wildman–Crippen LogP) is 5.42. The summed E-state index contributed by atoms with van der Waals surface area (Å²) in [6.07, 6.45) is -0.282. The SMILES string of the molecule is C/C(=N/N1C(=O)CN(Cc2ccccc2)[C@H]1c1ccc(Cl)cc1)c1ccc(C)cc1. The quantitative estimate of drug-likeness (QED) is 0.520. The normalized spacial score (nSPS) is 17.6. The van der Waals surface area contributed by atoms with Crippen LogP contribution in [0.4, 0.5) is 0 Å². The molecule has 1 fully saturated rings. The summed E-state index contributed by atoms with van der Waals surface area (Å²) in [6, 6.07) is 26.0. The first kappa shape index (κ1) is 20.3. The number of carbonyl (C=O) groups excluding carboxylic acids is 1. The number of rotatable bonds is 5. The molecular weight excluding hydrogens is 394 g/mol. The van der Waals surface area contributed by atoms with Crippen LogP contribution in [0.15, 0.2) is 84.0 Å². The fourth-order valence-corrected chi connectivity index (χ4v) is 3.82. The molecule has 0 saturated carbocycles. The van der Waals surface area contributed by atoms with Crippen LogP contribution >= 0.6 is 11.6 Å². The van der Waals surface area contributed by atoms with Crippen molar-refractivity contribution in [2.45, 2.75) is 26.6 Å². The lowest BCUT2D eigenvalue weighted by Gasteiger charge is -2.28. The smallest absolute Gasteiger partial charge is 0.258 e. The Balaban J connectivity index is 1.69. The van der Waals surface area contributed by atoms with Gasteiger partial charge in [-0.15, -0.1) is 0 Å². The van der Waals surface area contributed by atoms with Crippen molar-refractivity contribution in [3.05, 3.63) is 106 Å². The van der Waals surface area contributed by atoms with Crippen molar-refractivity contribution in [2.24, 2.45) is 5.10 Å². The zero-order valence-electron chi connectivity index (χ0n) is 17.1. The number of hydrazone groups is 1. The van der Waals surface area contributed by atoms with Gasteiger partial charge in [0, 0.05) is 11.6 Å². The topological polar surface area (TPSA) is 35.9 Å². The third-order valence-electron chi connectivity index (χ3n) is 5.30. The van der Waals surface area contributed by atoms with Crippen molar-refractivity contribution in [1.82, 2.24) is 9.91 Å². The molecule has 0 N–H and O–H groups in total. The zero-order chi connectivity index (χ0) is 21.1. The molecule has 0 unspecified atom stereocenters. The summed E-state index contributed by atoms with van der Waals surface area (Å²) < 4.78 is 0. The van der Waals surface area contributed by atoms with E-state index in [1.807, 2.05) is 61.5 Å².